The van der Waals surface area contributed by atoms with Gasteiger partial charge in [0.15, 0.2) is 0 Å². The van der Waals surface area contributed by atoms with Crippen molar-refractivity contribution in [2.24, 2.45) is 0 Å². The average Bonchev–Trinajstić information content (AvgIpc) is 2.41. The molecule has 1 N–H and O–H groups in total. The zero-order valence-corrected chi connectivity index (χ0v) is 14.7. The number of hydrogen-bond acceptors (Lipinski definition) is 4. The molecule has 0 aliphatic rings. The van der Waals surface area contributed by atoms with E-state index in [1.165, 1.54) is 7.11 Å². The highest BCUT2D eigenvalue weighted by atomic mass is 35.5. The Morgan fingerprint density at radius 1 is 1.41 bits per heavy atom. The van der Waals surface area contributed by atoms with Gasteiger partial charge in [-0.25, -0.2) is 8.42 Å². The number of amides is 1. The van der Waals surface area contributed by atoms with Gasteiger partial charge in [-0.1, -0.05) is 18.5 Å². The zero-order valence-electron chi connectivity index (χ0n) is 13.1. The number of aryl methyl sites for hydroxylation is 1. The number of nitrogens with zero attached hydrogens (tertiary/aromatic N) is 1. The van der Waals surface area contributed by atoms with E-state index in [4.69, 9.17) is 16.3 Å². The molecule has 0 radical (unpaired) electrons. The van der Waals surface area contributed by atoms with Gasteiger partial charge >= 0.3 is 0 Å². The molecule has 1 amide bonds. The highest BCUT2D eigenvalue weighted by Crippen LogP contribution is 2.30. The molecule has 0 unspecified atom stereocenters. The summed E-state index contributed by atoms with van der Waals surface area (Å²) < 4.78 is 29.6. The summed E-state index contributed by atoms with van der Waals surface area (Å²) in [6.45, 7) is 3.71. The molecule has 0 aliphatic carbocycles. The normalized spacial score (nSPS) is 11.5. The quantitative estimate of drug-likeness (QED) is 0.820. The third-order valence-electron chi connectivity index (χ3n) is 3.02. The average molecular weight is 349 g/mol. The molecule has 0 aliphatic heterocycles. The van der Waals surface area contributed by atoms with E-state index in [0.717, 1.165) is 16.1 Å². The molecule has 0 saturated heterocycles. The molecular formula is C14H21ClN2O4S. The number of halogens is 1. The van der Waals surface area contributed by atoms with E-state index >= 15 is 0 Å². The summed E-state index contributed by atoms with van der Waals surface area (Å²) in [5.41, 5.74) is 1.24. The summed E-state index contributed by atoms with van der Waals surface area (Å²) >= 11 is 6.01. The first-order valence-corrected chi connectivity index (χ1v) is 9.00. The third-order valence-corrected chi connectivity index (χ3v) is 4.67. The summed E-state index contributed by atoms with van der Waals surface area (Å²) in [6, 6.07) is 3.29. The van der Waals surface area contributed by atoms with Crippen LogP contribution >= 0.6 is 11.6 Å². The molecule has 0 aromatic heterocycles. The number of benzene rings is 1. The predicted octanol–water partition coefficient (Wildman–Crippen LogP) is 2.27. The lowest BCUT2D eigenvalue weighted by Crippen LogP contribution is -2.37. The first-order chi connectivity index (χ1) is 10.2. The van der Waals surface area contributed by atoms with E-state index in [0.29, 0.717) is 29.4 Å². The van der Waals surface area contributed by atoms with Crippen LogP contribution in [-0.2, 0) is 14.8 Å². The molecule has 22 heavy (non-hydrogen) atoms. The number of methoxy groups -OCH3 is 1. The van der Waals surface area contributed by atoms with Crippen molar-refractivity contribution in [1.82, 2.24) is 4.31 Å². The van der Waals surface area contributed by atoms with Crippen molar-refractivity contribution in [2.45, 2.75) is 20.3 Å². The maximum atomic E-state index is 12.1. The van der Waals surface area contributed by atoms with Gasteiger partial charge in [0.1, 0.15) is 5.75 Å². The minimum Gasteiger partial charge on any atom is -0.495 e. The van der Waals surface area contributed by atoms with Gasteiger partial charge in [0.05, 0.1) is 25.6 Å². The van der Waals surface area contributed by atoms with Gasteiger partial charge in [-0.05, 0) is 25.0 Å². The Bertz CT molecular complexity index is 646. The Morgan fingerprint density at radius 3 is 2.55 bits per heavy atom. The fourth-order valence-electron chi connectivity index (χ4n) is 1.89. The second-order valence-corrected chi connectivity index (χ2v) is 7.34. The molecule has 0 fully saturated rings. The van der Waals surface area contributed by atoms with Crippen LogP contribution in [0.5, 0.6) is 5.75 Å². The van der Waals surface area contributed by atoms with Crippen molar-refractivity contribution in [3.63, 3.8) is 0 Å². The number of anilines is 1. The second kappa shape index (κ2) is 7.80. The summed E-state index contributed by atoms with van der Waals surface area (Å²) in [7, 11) is -1.96. The fourth-order valence-corrected chi connectivity index (χ4v) is 2.91. The maximum Gasteiger partial charge on any atom is 0.239 e. The molecule has 1 rings (SSSR count). The number of rotatable bonds is 7. The van der Waals surface area contributed by atoms with Crippen LogP contribution in [0.1, 0.15) is 18.9 Å². The van der Waals surface area contributed by atoms with Crippen LogP contribution < -0.4 is 10.1 Å². The topological polar surface area (TPSA) is 75.7 Å². The SMILES string of the molecule is CCCN(CC(=O)Nc1cc(C)c(Cl)cc1OC)S(C)(=O)=O. The van der Waals surface area contributed by atoms with Crippen molar-refractivity contribution >= 4 is 33.2 Å². The van der Waals surface area contributed by atoms with Crippen molar-refractivity contribution in [3.8, 4) is 5.75 Å². The first kappa shape index (κ1) is 18.7. The molecule has 0 heterocycles. The third kappa shape index (κ3) is 5.15. The van der Waals surface area contributed by atoms with Crippen molar-refractivity contribution in [1.29, 1.82) is 0 Å². The Morgan fingerprint density at radius 2 is 2.05 bits per heavy atom. The van der Waals surface area contributed by atoms with Gasteiger partial charge < -0.3 is 10.1 Å². The Kier molecular flexibility index (Phi) is 6.65. The number of hydrogen-bond donors (Lipinski definition) is 1. The van der Waals surface area contributed by atoms with Crippen LogP contribution in [0.15, 0.2) is 12.1 Å². The molecule has 0 bridgehead atoms. The van der Waals surface area contributed by atoms with Gasteiger partial charge in [0.25, 0.3) is 0 Å². The van der Waals surface area contributed by atoms with Crippen LogP contribution in [0.25, 0.3) is 0 Å². The standard InChI is InChI=1S/C14H21ClN2O4S/c1-5-6-17(22(4,19)20)9-14(18)16-12-7-10(2)11(15)8-13(12)21-3/h7-8H,5-6,9H2,1-4H3,(H,16,18). The Hall–Kier alpha value is -1.31. The molecule has 0 saturated carbocycles. The molecular weight excluding hydrogens is 328 g/mol. The predicted molar refractivity (Wildman–Crippen MR) is 88.1 cm³/mol. The molecule has 6 nitrogen and oxygen atoms in total. The molecule has 124 valence electrons. The minimum atomic E-state index is -3.42. The molecule has 0 atom stereocenters. The van der Waals surface area contributed by atoms with E-state index in [1.807, 2.05) is 6.92 Å². The number of carbonyl (C=O) groups is 1. The minimum absolute atomic E-state index is 0.239. The van der Waals surface area contributed by atoms with Gasteiger partial charge in [-0.15, -0.1) is 0 Å². The molecule has 1 aromatic rings. The van der Waals surface area contributed by atoms with Crippen LogP contribution in [-0.4, -0.2) is 45.1 Å². The fraction of sp³-hybridized carbons (Fsp3) is 0.500. The summed E-state index contributed by atoms with van der Waals surface area (Å²) in [5, 5.41) is 3.19. The summed E-state index contributed by atoms with van der Waals surface area (Å²) in [6.07, 6.45) is 1.71. The smallest absolute Gasteiger partial charge is 0.239 e. The van der Waals surface area contributed by atoms with Crippen molar-refractivity contribution < 1.29 is 17.9 Å². The van der Waals surface area contributed by atoms with E-state index < -0.39 is 15.9 Å². The molecule has 0 spiro atoms. The lowest BCUT2D eigenvalue weighted by molar-refractivity contribution is -0.116. The number of ether oxygens (including phenoxy) is 1. The number of sulfonamides is 1. The zero-order chi connectivity index (χ0) is 16.9. The Labute approximate surface area is 136 Å². The van der Waals surface area contributed by atoms with Crippen LogP contribution in [0, 0.1) is 6.92 Å². The first-order valence-electron chi connectivity index (χ1n) is 6.78. The van der Waals surface area contributed by atoms with Crippen molar-refractivity contribution in [3.05, 3.63) is 22.7 Å². The van der Waals surface area contributed by atoms with E-state index in [9.17, 15) is 13.2 Å². The highest BCUT2D eigenvalue weighted by molar-refractivity contribution is 7.88. The van der Waals surface area contributed by atoms with Crippen LogP contribution in [0.4, 0.5) is 5.69 Å². The maximum absolute atomic E-state index is 12.1. The molecule has 1 aromatic carbocycles. The lowest BCUT2D eigenvalue weighted by atomic mass is 10.2. The van der Waals surface area contributed by atoms with Gasteiger partial charge in [-0.2, -0.15) is 4.31 Å². The van der Waals surface area contributed by atoms with E-state index in [-0.39, 0.29) is 6.54 Å². The lowest BCUT2D eigenvalue weighted by Gasteiger charge is -2.19. The van der Waals surface area contributed by atoms with Gasteiger partial charge in [0, 0.05) is 17.6 Å². The Balaban J connectivity index is 2.91. The summed E-state index contributed by atoms with van der Waals surface area (Å²) in [5.74, 6) is -0.00996. The monoisotopic (exact) mass is 348 g/mol. The van der Waals surface area contributed by atoms with E-state index in [2.05, 4.69) is 5.32 Å². The summed E-state index contributed by atoms with van der Waals surface area (Å²) in [4.78, 5) is 12.1. The van der Waals surface area contributed by atoms with Crippen LogP contribution in [0.2, 0.25) is 5.02 Å². The van der Waals surface area contributed by atoms with Crippen molar-refractivity contribution in [2.75, 3.05) is 31.8 Å². The largest absolute Gasteiger partial charge is 0.495 e. The second-order valence-electron chi connectivity index (χ2n) is 4.95. The van der Waals surface area contributed by atoms with Gasteiger partial charge in [0.2, 0.25) is 15.9 Å². The molecule has 8 heteroatoms. The number of carbonyl (C=O) groups excluding carboxylic acids is 1. The number of nitrogens with one attached hydrogen (secondary N) is 1. The van der Waals surface area contributed by atoms with Gasteiger partial charge in [-0.3, -0.25) is 4.79 Å². The van der Waals surface area contributed by atoms with E-state index in [1.54, 1.807) is 19.1 Å². The van der Waals surface area contributed by atoms with Crippen LogP contribution in [0.3, 0.4) is 0 Å². The highest BCUT2D eigenvalue weighted by Gasteiger charge is 2.20.